The summed E-state index contributed by atoms with van der Waals surface area (Å²) >= 11 is 0. The van der Waals surface area contributed by atoms with Gasteiger partial charge < -0.3 is 9.30 Å². The second kappa shape index (κ2) is 8.16. The maximum atomic E-state index is 11.8. The number of carbonyl (C=O) groups is 1. The van der Waals surface area contributed by atoms with Gasteiger partial charge in [-0.05, 0) is 61.2 Å². The standard InChI is InChI=1S/C21H21NO2/c23-21(19-9-2-1-3-10-19)24-17-7-4-8-18-11-13-20(14-12-18)22-15-5-6-16-22/h1-3,5-6,9-16H,4,7-8,17H2. The topological polar surface area (TPSA) is 31.2 Å². The molecule has 0 fully saturated rings. The molecule has 0 radical (unpaired) electrons. The van der Waals surface area contributed by atoms with Crippen LogP contribution >= 0.6 is 0 Å². The summed E-state index contributed by atoms with van der Waals surface area (Å²) in [7, 11) is 0. The van der Waals surface area contributed by atoms with Gasteiger partial charge >= 0.3 is 5.97 Å². The van der Waals surface area contributed by atoms with E-state index < -0.39 is 0 Å². The highest BCUT2D eigenvalue weighted by molar-refractivity contribution is 5.89. The van der Waals surface area contributed by atoms with Crippen molar-refractivity contribution in [1.29, 1.82) is 0 Å². The Labute approximate surface area is 142 Å². The first-order chi connectivity index (χ1) is 11.8. The van der Waals surface area contributed by atoms with Gasteiger partial charge in [-0.3, -0.25) is 0 Å². The Morgan fingerprint density at radius 3 is 2.25 bits per heavy atom. The van der Waals surface area contributed by atoms with Crippen molar-refractivity contribution in [3.05, 3.63) is 90.3 Å². The van der Waals surface area contributed by atoms with Crippen molar-refractivity contribution >= 4 is 5.97 Å². The van der Waals surface area contributed by atoms with E-state index >= 15 is 0 Å². The Morgan fingerprint density at radius 2 is 1.54 bits per heavy atom. The van der Waals surface area contributed by atoms with Crippen LogP contribution in [0.4, 0.5) is 0 Å². The number of aryl methyl sites for hydroxylation is 1. The smallest absolute Gasteiger partial charge is 0.338 e. The molecule has 0 aliphatic carbocycles. The molecule has 0 unspecified atom stereocenters. The molecule has 0 aliphatic rings. The van der Waals surface area contributed by atoms with Crippen LogP contribution in [-0.2, 0) is 11.2 Å². The second-order valence-electron chi connectivity index (χ2n) is 5.72. The van der Waals surface area contributed by atoms with Gasteiger partial charge in [0.25, 0.3) is 0 Å². The minimum atomic E-state index is -0.244. The van der Waals surface area contributed by atoms with E-state index in [1.807, 2.05) is 42.7 Å². The third-order valence-corrected chi connectivity index (χ3v) is 3.94. The Hall–Kier alpha value is -2.81. The predicted molar refractivity (Wildman–Crippen MR) is 95.4 cm³/mol. The normalized spacial score (nSPS) is 10.5. The number of hydrogen-bond acceptors (Lipinski definition) is 2. The van der Waals surface area contributed by atoms with Gasteiger partial charge in [0.05, 0.1) is 12.2 Å². The quantitative estimate of drug-likeness (QED) is 0.468. The lowest BCUT2D eigenvalue weighted by Gasteiger charge is -2.06. The van der Waals surface area contributed by atoms with Gasteiger partial charge in [0, 0.05) is 18.1 Å². The summed E-state index contributed by atoms with van der Waals surface area (Å²) in [5.74, 6) is -0.244. The van der Waals surface area contributed by atoms with Crippen LogP contribution in [0.25, 0.3) is 5.69 Å². The number of esters is 1. The number of ether oxygens (including phenoxy) is 1. The number of carbonyl (C=O) groups excluding carboxylic acids is 1. The van der Waals surface area contributed by atoms with Crippen molar-refractivity contribution in [2.75, 3.05) is 6.61 Å². The average molecular weight is 319 g/mol. The molecule has 24 heavy (non-hydrogen) atoms. The summed E-state index contributed by atoms with van der Waals surface area (Å²) in [4.78, 5) is 11.8. The van der Waals surface area contributed by atoms with Gasteiger partial charge in [-0.1, -0.05) is 30.3 Å². The van der Waals surface area contributed by atoms with Crippen LogP contribution in [0.2, 0.25) is 0 Å². The number of aromatic nitrogens is 1. The molecule has 0 spiro atoms. The van der Waals surface area contributed by atoms with Gasteiger partial charge in [0.1, 0.15) is 0 Å². The lowest BCUT2D eigenvalue weighted by molar-refractivity contribution is 0.0498. The van der Waals surface area contributed by atoms with Crippen LogP contribution in [0, 0.1) is 0 Å². The van der Waals surface area contributed by atoms with Crippen LogP contribution in [0.15, 0.2) is 79.1 Å². The largest absolute Gasteiger partial charge is 0.462 e. The van der Waals surface area contributed by atoms with Crippen LogP contribution in [-0.4, -0.2) is 17.1 Å². The molecule has 0 saturated heterocycles. The molecule has 3 rings (SSSR count). The zero-order valence-corrected chi connectivity index (χ0v) is 13.6. The van der Waals surface area contributed by atoms with E-state index in [1.165, 1.54) is 11.3 Å². The van der Waals surface area contributed by atoms with Gasteiger partial charge in [0.15, 0.2) is 0 Å². The summed E-state index contributed by atoms with van der Waals surface area (Å²) in [6.45, 7) is 0.467. The van der Waals surface area contributed by atoms with Gasteiger partial charge in [0.2, 0.25) is 0 Å². The minimum absolute atomic E-state index is 0.244. The van der Waals surface area contributed by atoms with Crippen LogP contribution in [0.1, 0.15) is 28.8 Å². The Kier molecular flexibility index (Phi) is 5.46. The molecule has 1 aromatic heterocycles. The van der Waals surface area contributed by atoms with E-state index in [2.05, 4.69) is 28.8 Å². The fraction of sp³-hybridized carbons (Fsp3) is 0.190. The van der Waals surface area contributed by atoms with E-state index in [0.29, 0.717) is 12.2 Å². The molecular formula is C21H21NO2. The van der Waals surface area contributed by atoms with Crippen molar-refractivity contribution in [2.24, 2.45) is 0 Å². The highest BCUT2D eigenvalue weighted by atomic mass is 16.5. The summed E-state index contributed by atoms with van der Waals surface area (Å²) < 4.78 is 7.38. The Morgan fingerprint density at radius 1 is 0.833 bits per heavy atom. The summed E-state index contributed by atoms with van der Waals surface area (Å²) in [6, 6.07) is 21.7. The molecule has 3 heteroatoms. The lowest BCUT2D eigenvalue weighted by Crippen LogP contribution is -2.06. The van der Waals surface area contributed by atoms with E-state index in [4.69, 9.17) is 4.74 Å². The molecule has 0 aliphatic heterocycles. The van der Waals surface area contributed by atoms with Crippen LogP contribution in [0.5, 0.6) is 0 Å². The molecule has 2 aromatic carbocycles. The zero-order valence-electron chi connectivity index (χ0n) is 13.6. The monoisotopic (exact) mass is 319 g/mol. The highest BCUT2D eigenvalue weighted by Crippen LogP contribution is 2.12. The fourth-order valence-corrected chi connectivity index (χ4v) is 2.60. The summed E-state index contributed by atoms with van der Waals surface area (Å²) in [5.41, 5.74) is 3.08. The van der Waals surface area contributed by atoms with E-state index in [0.717, 1.165) is 19.3 Å². The maximum Gasteiger partial charge on any atom is 0.338 e. The van der Waals surface area contributed by atoms with Crippen molar-refractivity contribution in [3.8, 4) is 5.69 Å². The zero-order chi connectivity index (χ0) is 16.6. The van der Waals surface area contributed by atoms with Crippen molar-refractivity contribution in [3.63, 3.8) is 0 Å². The first kappa shape index (κ1) is 16.1. The molecular weight excluding hydrogens is 298 g/mol. The molecule has 3 nitrogen and oxygen atoms in total. The molecule has 3 aromatic rings. The fourth-order valence-electron chi connectivity index (χ4n) is 2.60. The third-order valence-electron chi connectivity index (χ3n) is 3.94. The van der Waals surface area contributed by atoms with E-state index in [-0.39, 0.29) is 5.97 Å². The SMILES string of the molecule is O=C(OCCCCc1ccc(-n2cccc2)cc1)c1ccccc1. The van der Waals surface area contributed by atoms with Crippen LogP contribution in [0.3, 0.4) is 0 Å². The average Bonchev–Trinajstić information content (AvgIpc) is 3.17. The number of unbranched alkanes of at least 4 members (excludes halogenated alkanes) is 1. The number of nitrogens with zero attached hydrogens (tertiary/aromatic N) is 1. The molecule has 0 bridgehead atoms. The maximum absolute atomic E-state index is 11.8. The first-order valence-corrected chi connectivity index (χ1v) is 8.27. The molecule has 0 N–H and O–H groups in total. The Balaban J connectivity index is 1.38. The van der Waals surface area contributed by atoms with Crippen LogP contribution < -0.4 is 0 Å². The Bertz CT molecular complexity index is 746. The van der Waals surface area contributed by atoms with Gasteiger partial charge in [-0.15, -0.1) is 0 Å². The minimum Gasteiger partial charge on any atom is -0.462 e. The van der Waals surface area contributed by atoms with Crippen molar-refractivity contribution < 1.29 is 9.53 Å². The number of benzene rings is 2. The van der Waals surface area contributed by atoms with Crippen molar-refractivity contribution in [2.45, 2.75) is 19.3 Å². The highest BCUT2D eigenvalue weighted by Gasteiger charge is 2.05. The van der Waals surface area contributed by atoms with Crippen molar-refractivity contribution in [1.82, 2.24) is 4.57 Å². The molecule has 122 valence electrons. The molecule has 0 atom stereocenters. The molecule has 1 heterocycles. The lowest BCUT2D eigenvalue weighted by atomic mass is 10.1. The number of hydrogen-bond donors (Lipinski definition) is 0. The third kappa shape index (κ3) is 4.35. The van der Waals surface area contributed by atoms with E-state index in [9.17, 15) is 4.79 Å². The number of rotatable bonds is 7. The summed E-state index contributed by atoms with van der Waals surface area (Å²) in [6.07, 6.45) is 6.95. The van der Waals surface area contributed by atoms with E-state index in [1.54, 1.807) is 12.1 Å². The summed E-state index contributed by atoms with van der Waals surface area (Å²) in [5, 5.41) is 0. The van der Waals surface area contributed by atoms with Gasteiger partial charge in [-0.25, -0.2) is 4.79 Å². The molecule has 0 amide bonds. The molecule has 0 saturated carbocycles. The first-order valence-electron chi connectivity index (χ1n) is 8.27. The second-order valence-corrected chi connectivity index (χ2v) is 5.72. The van der Waals surface area contributed by atoms with Gasteiger partial charge in [-0.2, -0.15) is 0 Å². The predicted octanol–water partition coefficient (Wildman–Crippen LogP) is 4.66.